The number of halogens is 1. The summed E-state index contributed by atoms with van der Waals surface area (Å²) in [4.78, 5) is 17.5. The van der Waals surface area contributed by atoms with Crippen LogP contribution >= 0.6 is 15.9 Å². The molecule has 0 fully saturated rings. The van der Waals surface area contributed by atoms with Crippen molar-refractivity contribution in [3.8, 4) is 22.8 Å². The van der Waals surface area contributed by atoms with Crippen molar-refractivity contribution in [3.05, 3.63) is 191 Å². The van der Waals surface area contributed by atoms with E-state index in [0.29, 0.717) is 17.6 Å². The Labute approximate surface area is 270 Å². The molecular formula is C40H27BrN4. The Balaban J connectivity index is 1.45. The number of para-hydroxylation sites is 2. The Hall–Kier alpha value is -5.39. The molecule has 6 aromatic carbocycles. The summed E-state index contributed by atoms with van der Waals surface area (Å²) >= 11 is 3.78. The van der Waals surface area contributed by atoms with Crippen molar-refractivity contribution in [1.82, 2.24) is 15.0 Å². The topological polar surface area (TPSA) is 41.9 Å². The zero-order valence-corrected chi connectivity index (χ0v) is 25.8. The average Bonchev–Trinajstić information content (AvgIpc) is 3.11. The van der Waals surface area contributed by atoms with E-state index in [4.69, 9.17) is 15.0 Å². The lowest BCUT2D eigenvalue weighted by atomic mass is 9.62. The van der Waals surface area contributed by atoms with E-state index in [1.165, 1.54) is 11.1 Å². The molecule has 1 aromatic heterocycles. The minimum Gasteiger partial charge on any atom is -0.278 e. The molecular weight excluding hydrogens is 616 g/mol. The lowest BCUT2D eigenvalue weighted by molar-refractivity contribution is 0.728. The van der Waals surface area contributed by atoms with E-state index in [-0.39, 0.29) is 0 Å². The Morgan fingerprint density at radius 1 is 0.444 bits per heavy atom. The summed E-state index contributed by atoms with van der Waals surface area (Å²) in [6.45, 7) is 0. The molecule has 4 nitrogen and oxygen atoms in total. The molecule has 214 valence electrons. The maximum atomic E-state index is 5.15. The smallest absolute Gasteiger partial charge is 0.238 e. The van der Waals surface area contributed by atoms with Crippen LogP contribution in [-0.2, 0) is 5.41 Å². The number of rotatable bonds is 5. The highest BCUT2D eigenvalue weighted by Gasteiger charge is 2.47. The van der Waals surface area contributed by atoms with E-state index >= 15 is 0 Å². The number of hydrogen-bond donors (Lipinski definition) is 0. The van der Waals surface area contributed by atoms with Crippen LogP contribution in [0, 0.1) is 0 Å². The number of benzene rings is 6. The highest BCUT2D eigenvalue weighted by molar-refractivity contribution is 9.10. The van der Waals surface area contributed by atoms with Gasteiger partial charge in [0.25, 0.3) is 0 Å². The van der Waals surface area contributed by atoms with E-state index in [9.17, 15) is 0 Å². The van der Waals surface area contributed by atoms with Crippen molar-refractivity contribution < 1.29 is 0 Å². The minimum atomic E-state index is -0.591. The minimum absolute atomic E-state index is 0.568. The lowest BCUT2D eigenvalue weighted by Crippen LogP contribution is -2.38. The van der Waals surface area contributed by atoms with Crippen LogP contribution in [0.2, 0.25) is 0 Å². The van der Waals surface area contributed by atoms with Gasteiger partial charge in [0, 0.05) is 15.6 Å². The van der Waals surface area contributed by atoms with Crippen LogP contribution < -0.4 is 4.90 Å². The van der Waals surface area contributed by atoms with Gasteiger partial charge in [-0.05, 0) is 46.5 Å². The van der Waals surface area contributed by atoms with E-state index in [1.807, 2.05) is 60.7 Å². The van der Waals surface area contributed by atoms with Crippen molar-refractivity contribution in [3.63, 3.8) is 0 Å². The Morgan fingerprint density at radius 3 is 1.44 bits per heavy atom. The van der Waals surface area contributed by atoms with Gasteiger partial charge in [-0.2, -0.15) is 9.97 Å². The number of anilines is 3. The second kappa shape index (κ2) is 11.3. The van der Waals surface area contributed by atoms with Gasteiger partial charge in [-0.15, -0.1) is 0 Å². The summed E-state index contributed by atoms with van der Waals surface area (Å²) in [5.74, 6) is 1.82. The third kappa shape index (κ3) is 4.55. The Kier molecular flexibility index (Phi) is 6.81. The van der Waals surface area contributed by atoms with Gasteiger partial charge in [-0.1, -0.05) is 155 Å². The zero-order chi connectivity index (χ0) is 30.2. The molecule has 0 spiro atoms. The highest BCUT2D eigenvalue weighted by atomic mass is 79.9. The summed E-state index contributed by atoms with van der Waals surface area (Å²) in [7, 11) is 0. The maximum absolute atomic E-state index is 5.15. The molecule has 7 aromatic rings. The summed E-state index contributed by atoms with van der Waals surface area (Å²) in [5.41, 5.74) is 7.97. The van der Waals surface area contributed by atoms with E-state index < -0.39 is 5.41 Å². The van der Waals surface area contributed by atoms with Crippen molar-refractivity contribution in [2.45, 2.75) is 5.41 Å². The fourth-order valence-electron chi connectivity index (χ4n) is 6.56. The molecule has 1 aliphatic rings. The molecule has 45 heavy (non-hydrogen) atoms. The molecule has 0 bridgehead atoms. The van der Waals surface area contributed by atoms with Crippen molar-refractivity contribution in [2.24, 2.45) is 0 Å². The molecule has 0 N–H and O–H groups in total. The molecule has 0 radical (unpaired) electrons. The predicted molar refractivity (Wildman–Crippen MR) is 185 cm³/mol. The van der Waals surface area contributed by atoms with Crippen LogP contribution in [0.3, 0.4) is 0 Å². The van der Waals surface area contributed by atoms with Crippen LogP contribution in [0.15, 0.2) is 168 Å². The largest absolute Gasteiger partial charge is 0.278 e. The van der Waals surface area contributed by atoms with Crippen molar-refractivity contribution in [1.29, 1.82) is 0 Å². The molecule has 1 aliphatic heterocycles. The molecule has 0 amide bonds. The first-order chi connectivity index (χ1) is 22.2. The Morgan fingerprint density at radius 2 is 0.911 bits per heavy atom. The molecule has 8 rings (SSSR count). The molecule has 0 aliphatic carbocycles. The normalized spacial score (nSPS) is 13.1. The molecule has 0 unspecified atom stereocenters. The summed E-state index contributed by atoms with van der Waals surface area (Å²) in [6, 6.07) is 56.9. The number of aromatic nitrogens is 3. The zero-order valence-electron chi connectivity index (χ0n) is 24.3. The average molecular weight is 644 g/mol. The molecule has 2 heterocycles. The quantitative estimate of drug-likeness (QED) is 0.187. The summed E-state index contributed by atoms with van der Waals surface area (Å²) in [5, 5.41) is 0. The van der Waals surface area contributed by atoms with E-state index in [2.05, 4.69) is 124 Å². The standard InChI is InChI=1S/C40H27BrN4/c41-32-22-14-21-31(27-32)40(30-19-8-3-9-20-30)33-23-10-12-25-35(33)45(36-26-13-11-24-34(36)40)39-43-37(28-15-4-1-5-16-28)42-38(44-39)29-17-6-2-7-18-29/h1-27H. The van der Waals surface area contributed by atoms with Gasteiger partial charge in [0.15, 0.2) is 11.6 Å². The number of hydrogen-bond acceptors (Lipinski definition) is 4. The van der Waals surface area contributed by atoms with Crippen molar-refractivity contribution >= 4 is 33.3 Å². The van der Waals surface area contributed by atoms with Gasteiger partial charge < -0.3 is 0 Å². The first-order valence-electron chi connectivity index (χ1n) is 14.9. The first-order valence-corrected chi connectivity index (χ1v) is 15.7. The molecule has 0 atom stereocenters. The van der Waals surface area contributed by atoms with Gasteiger partial charge in [-0.3, -0.25) is 4.90 Å². The monoisotopic (exact) mass is 642 g/mol. The van der Waals surface area contributed by atoms with Crippen LogP contribution in [0.1, 0.15) is 22.3 Å². The third-order valence-corrected chi connectivity index (χ3v) is 8.94. The van der Waals surface area contributed by atoms with Crippen molar-refractivity contribution in [2.75, 3.05) is 4.90 Å². The summed E-state index contributed by atoms with van der Waals surface area (Å²) in [6.07, 6.45) is 0. The lowest BCUT2D eigenvalue weighted by Gasteiger charge is -2.45. The first kappa shape index (κ1) is 27.2. The van der Waals surface area contributed by atoms with Gasteiger partial charge >= 0.3 is 0 Å². The van der Waals surface area contributed by atoms with Gasteiger partial charge in [0.2, 0.25) is 5.95 Å². The number of nitrogens with zero attached hydrogens (tertiary/aromatic N) is 4. The fraction of sp³-hybridized carbons (Fsp3) is 0.0250. The van der Waals surface area contributed by atoms with Crippen LogP contribution in [0.5, 0.6) is 0 Å². The van der Waals surface area contributed by atoms with Gasteiger partial charge in [0.05, 0.1) is 16.8 Å². The second-order valence-electron chi connectivity index (χ2n) is 11.0. The number of fused-ring (bicyclic) bond motifs is 2. The Bertz CT molecular complexity index is 2030. The molecule has 0 saturated heterocycles. The summed E-state index contributed by atoms with van der Waals surface area (Å²) < 4.78 is 1.03. The van der Waals surface area contributed by atoms with E-state index in [1.54, 1.807) is 0 Å². The van der Waals surface area contributed by atoms with Crippen LogP contribution in [-0.4, -0.2) is 15.0 Å². The SMILES string of the molecule is Brc1cccc(C2(c3ccccc3)c3ccccc3N(c3nc(-c4ccccc4)nc(-c4ccccc4)n3)c3ccccc32)c1. The molecule has 0 saturated carbocycles. The maximum Gasteiger partial charge on any atom is 0.238 e. The highest BCUT2D eigenvalue weighted by Crippen LogP contribution is 2.57. The molecule has 5 heteroatoms. The van der Waals surface area contributed by atoms with Gasteiger partial charge in [-0.25, -0.2) is 4.98 Å². The van der Waals surface area contributed by atoms with Crippen LogP contribution in [0.4, 0.5) is 17.3 Å². The predicted octanol–water partition coefficient (Wildman–Crippen LogP) is 10.1. The third-order valence-electron chi connectivity index (χ3n) is 8.45. The fourth-order valence-corrected chi connectivity index (χ4v) is 6.96. The van der Waals surface area contributed by atoms with Gasteiger partial charge in [0.1, 0.15) is 0 Å². The second-order valence-corrected chi connectivity index (χ2v) is 11.9. The van der Waals surface area contributed by atoms with E-state index in [0.717, 1.165) is 38.1 Å². The van der Waals surface area contributed by atoms with Crippen LogP contribution in [0.25, 0.3) is 22.8 Å².